The number of nitrogens with zero attached hydrogens (tertiary/aromatic N) is 1. The number of hydrogen-bond acceptors (Lipinski definition) is 1. The molecule has 2 aromatic carbocycles. The maximum absolute atomic E-state index is 5.90. The Bertz CT molecular complexity index is 751. The number of H-pyrrole nitrogens is 1. The van der Waals surface area contributed by atoms with Crippen LogP contribution in [0, 0.1) is 6.92 Å². The molecule has 0 unspecified atom stereocenters. The van der Waals surface area contributed by atoms with Gasteiger partial charge in [-0.3, -0.25) is 0 Å². The van der Waals surface area contributed by atoms with E-state index >= 15 is 0 Å². The lowest BCUT2D eigenvalue weighted by molar-refractivity contribution is 1.15. The summed E-state index contributed by atoms with van der Waals surface area (Å²) in [5.74, 6) is 0.881. The molecule has 0 bridgehead atoms. The molecule has 0 aliphatic heterocycles. The first kappa shape index (κ1) is 17.2. The normalized spacial score (nSPS) is 10.0. The van der Waals surface area contributed by atoms with Crippen molar-refractivity contribution in [1.82, 2.24) is 9.97 Å². The van der Waals surface area contributed by atoms with Crippen LogP contribution in [0.1, 0.15) is 5.82 Å². The zero-order valence-electron chi connectivity index (χ0n) is 11.6. The molecule has 22 heavy (non-hydrogen) atoms. The first-order chi connectivity index (χ1) is 10.5. The van der Waals surface area contributed by atoms with Crippen molar-refractivity contribution in [3.05, 3.63) is 74.6 Å². The van der Waals surface area contributed by atoms with Crippen LogP contribution in [0.25, 0.3) is 11.3 Å². The molecule has 1 aromatic heterocycles. The summed E-state index contributed by atoms with van der Waals surface area (Å²) in [6.45, 7) is 1.90. The van der Waals surface area contributed by atoms with Crippen molar-refractivity contribution in [2.45, 2.75) is 6.92 Å². The largest absolute Gasteiger partial charge is 0.342 e. The Morgan fingerprint density at radius 3 is 2.00 bits per heavy atom. The summed E-state index contributed by atoms with van der Waals surface area (Å²) in [7, 11) is 0. The van der Waals surface area contributed by atoms with E-state index in [1.165, 1.54) is 0 Å². The number of hydrogen-bond donors (Lipinski definition) is 1. The van der Waals surface area contributed by atoms with E-state index in [0.717, 1.165) is 17.1 Å². The third-order valence-electron chi connectivity index (χ3n) is 2.72. The number of benzene rings is 2. The summed E-state index contributed by atoms with van der Waals surface area (Å²) in [6.07, 6.45) is 1.77. The number of aromatic amines is 1. The van der Waals surface area contributed by atoms with Crippen LogP contribution in [-0.2, 0) is 0 Å². The highest BCUT2D eigenvalue weighted by molar-refractivity contribution is 6.42. The number of nitrogens with one attached hydrogen (secondary N) is 1. The van der Waals surface area contributed by atoms with E-state index in [0.29, 0.717) is 20.1 Å². The van der Waals surface area contributed by atoms with Gasteiger partial charge in [-0.1, -0.05) is 58.5 Å². The van der Waals surface area contributed by atoms with Gasteiger partial charge in [0.05, 0.1) is 21.9 Å². The Morgan fingerprint density at radius 2 is 1.55 bits per heavy atom. The molecular weight excluding hydrogens is 362 g/mol. The molecular formula is C16H12Cl4N2. The highest BCUT2D eigenvalue weighted by Crippen LogP contribution is 2.27. The van der Waals surface area contributed by atoms with Gasteiger partial charge in [-0.15, -0.1) is 0 Å². The minimum absolute atomic E-state index is 0.552. The summed E-state index contributed by atoms with van der Waals surface area (Å²) in [5.41, 5.74) is 1.93. The minimum Gasteiger partial charge on any atom is -0.342 e. The molecule has 1 heterocycles. The van der Waals surface area contributed by atoms with Crippen molar-refractivity contribution in [1.29, 1.82) is 0 Å². The van der Waals surface area contributed by atoms with Gasteiger partial charge in [0.25, 0.3) is 0 Å². The molecule has 0 amide bonds. The van der Waals surface area contributed by atoms with Gasteiger partial charge in [0.2, 0.25) is 0 Å². The molecule has 114 valence electrons. The standard InChI is InChI=1S/C10H8Cl2N2.C6H4Cl2/c1-6-13-5-10(14-6)7-2-3-8(11)9(12)4-7;7-5-2-1-3-6(8)4-5/h2-5H,1H3,(H,13,14);1-4H. The molecule has 6 heteroatoms. The van der Waals surface area contributed by atoms with Crippen LogP contribution >= 0.6 is 46.4 Å². The molecule has 3 rings (SSSR count). The SMILES string of the molecule is Cc1ncc(-c2ccc(Cl)c(Cl)c2)[nH]1.Clc1cccc(Cl)c1. The topological polar surface area (TPSA) is 28.7 Å². The Labute approximate surface area is 149 Å². The fourth-order valence-corrected chi connectivity index (χ4v) is 2.43. The lowest BCUT2D eigenvalue weighted by atomic mass is 10.2. The van der Waals surface area contributed by atoms with Crippen LogP contribution in [0.3, 0.4) is 0 Å². The van der Waals surface area contributed by atoms with Crippen molar-refractivity contribution < 1.29 is 0 Å². The molecule has 0 spiro atoms. The van der Waals surface area contributed by atoms with Crippen molar-refractivity contribution in [3.63, 3.8) is 0 Å². The second kappa shape index (κ2) is 7.89. The van der Waals surface area contributed by atoms with Crippen molar-refractivity contribution in [3.8, 4) is 11.3 Å². The van der Waals surface area contributed by atoms with E-state index in [1.54, 1.807) is 30.5 Å². The van der Waals surface area contributed by atoms with Crippen molar-refractivity contribution in [2.75, 3.05) is 0 Å². The number of halogens is 4. The Balaban J connectivity index is 0.000000188. The van der Waals surface area contributed by atoms with Crippen molar-refractivity contribution in [2.24, 2.45) is 0 Å². The molecule has 0 atom stereocenters. The number of imidazole rings is 1. The van der Waals surface area contributed by atoms with E-state index in [2.05, 4.69) is 9.97 Å². The van der Waals surface area contributed by atoms with Crippen molar-refractivity contribution >= 4 is 46.4 Å². The van der Waals surface area contributed by atoms with Gasteiger partial charge >= 0.3 is 0 Å². The average Bonchev–Trinajstić information content (AvgIpc) is 2.89. The highest BCUT2D eigenvalue weighted by atomic mass is 35.5. The molecule has 0 saturated carbocycles. The van der Waals surface area contributed by atoms with Gasteiger partial charge in [-0.25, -0.2) is 4.98 Å². The zero-order valence-corrected chi connectivity index (χ0v) is 14.6. The van der Waals surface area contributed by atoms with Gasteiger partial charge in [-0.2, -0.15) is 0 Å². The first-order valence-electron chi connectivity index (χ1n) is 6.34. The molecule has 0 saturated heterocycles. The minimum atomic E-state index is 0.552. The summed E-state index contributed by atoms with van der Waals surface area (Å²) in [5, 5.41) is 2.47. The van der Waals surface area contributed by atoms with E-state index < -0.39 is 0 Å². The van der Waals surface area contributed by atoms with Crippen LogP contribution in [-0.4, -0.2) is 9.97 Å². The van der Waals surface area contributed by atoms with Crippen LogP contribution < -0.4 is 0 Å². The van der Waals surface area contributed by atoms with Gasteiger partial charge in [0.15, 0.2) is 0 Å². The zero-order chi connectivity index (χ0) is 16.1. The fraction of sp³-hybridized carbons (Fsp3) is 0.0625. The van der Waals surface area contributed by atoms with Gasteiger partial charge in [0.1, 0.15) is 5.82 Å². The molecule has 0 fully saturated rings. The number of rotatable bonds is 1. The molecule has 0 aliphatic carbocycles. The predicted octanol–water partition coefficient (Wildman–Crippen LogP) is 6.69. The van der Waals surface area contributed by atoms with Crippen LogP contribution in [0.15, 0.2) is 48.7 Å². The fourth-order valence-electron chi connectivity index (χ4n) is 1.69. The lowest BCUT2D eigenvalue weighted by Crippen LogP contribution is -1.78. The number of aryl methyl sites for hydroxylation is 1. The van der Waals surface area contributed by atoms with E-state index in [4.69, 9.17) is 46.4 Å². The van der Waals surface area contributed by atoms with E-state index in [-0.39, 0.29) is 0 Å². The van der Waals surface area contributed by atoms with Crippen LogP contribution in [0.4, 0.5) is 0 Å². The second-order valence-electron chi connectivity index (χ2n) is 4.45. The van der Waals surface area contributed by atoms with Gasteiger partial charge in [-0.05, 0) is 37.3 Å². The van der Waals surface area contributed by atoms with Crippen LogP contribution in [0.5, 0.6) is 0 Å². The third kappa shape index (κ3) is 4.92. The first-order valence-corrected chi connectivity index (χ1v) is 7.85. The molecule has 0 aliphatic rings. The second-order valence-corrected chi connectivity index (χ2v) is 6.14. The highest BCUT2D eigenvalue weighted by Gasteiger charge is 2.03. The summed E-state index contributed by atoms with van der Waals surface area (Å²) < 4.78 is 0. The van der Waals surface area contributed by atoms with Gasteiger partial charge in [0, 0.05) is 15.6 Å². The Hall–Kier alpha value is -1.19. The maximum Gasteiger partial charge on any atom is 0.103 e. The molecule has 0 radical (unpaired) electrons. The van der Waals surface area contributed by atoms with E-state index in [9.17, 15) is 0 Å². The smallest absolute Gasteiger partial charge is 0.103 e. The summed E-state index contributed by atoms with van der Waals surface area (Å²) in [6, 6.07) is 12.6. The Morgan fingerprint density at radius 1 is 0.864 bits per heavy atom. The molecule has 3 aromatic rings. The predicted molar refractivity (Wildman–Crippen MR) is 95.2 cm³/mol. The summed E-state index contributed by atoms with van der Waals surface area (Å²) in [4.78, 5) is 7.24. The third-order valence-corrected chi connectivity index (χ3v) is 3.93. The van der Waals surface area contributed by atoms with Crippen LogP contribution in [0.2, 0.25) is 20.1 Å². The monoisotopic (exact) mass is 372 g/mol. The lowest BCUT2D eigenvalue weighted by Gasteiger charge is -1.99. The van der Waals surface area contributed by atoms with Gasteiger partial charge < -0.3 is 4.98 Å². The van der Waals surface area contributed by atoms with E-state index in [1.807, 2.05) is 25.1 Å². The average molecular weight is 374 g/mol. The quantitative estimate of drug-likeness (QED) is 0.505. The molecule has 1 N–H and O–H groups in total. The number of aromatic nitrogens is 2. The molecule has 2 nitrogen and oxygen atoms in total. The maximum atomic E-state index is 5.90. The Kier molecular flexibility index (Phi) is 6.16. The summed E-state index contributed by atoms with van der Waals surface area (Å²) >= 11 is 22.8.